The molecule has 1 saturated heterocycles. The summed E-state index contributed by atoms with van der Waals surface area (Å²) in [4.78, 5) is 21.8. The van der Waals surface area contributed by atoms with Gasteiger partial charge in [-0.3, -0.25) is 9.69 Å². The number of H-pyrrole nitrogens is 1. The van der Waals surface area contributed by atoms with Gasteiger partial charge >= 0.3 is 0 Å². The van der Waals surface area contributed by atoms with Crippen LogP contribution in [0, 0.1) is 5.92 Å². The van der Waals surface area contributed by atoms with Crippen molar-refractivity contribution in [1.82, 2.24) is 14.9 Å². The fourth-order valence-electron chi connectivity index (χ4n) is 3.48. The van der Waals surface area contributed by atoms with Crippen molar-refractivity contribution in [3.8, 4) is 11.4 Å². The summed E-state index contributed by atoms with van der Waals surface area (Å²) < 4.78 is 0. The van der Waals surface area contributed by atoms with E-state index in [4.69, 9.17) is 0 Å². The molecule has 2 aromatic rings. The molecule has 2 heterocycles. The molecule has 0 radical (unpaired) electrons. The zero-order valence-electron chi connectivity index (χ0n) is 15.6. The van der Waals surface area contributed by atoms with Gasteiger partial charge < -0.3 is 10.1 Å². The number of benzene rings is 1. The number of aromatic amines is 1. The number of rotatable bonds is 7. The van der Waals surface area contributed by atoms with Gasteiger partial charge in [0.1, 0.15) is 5.82 Å². The van der Waals surface area contributed by atoms with Crippen molar-refractivity contribution in [2.24, 2.45) is 5.92 Å². The Kier molecular flexibility index (Phi) is 6.58. The summed E-state index contributed by atoms with van der Waals surface area (Å²) in [5.74, 6) is 1.12. The predicted molar refractivity (Wildman–Crippen MR) is 104 cm³/mol. The van der Waals surface area contributed by atoms with Crippen molar-refractivity contribution in [3.05, 3.63) is 51.9 Å². The van der Waals surface area contributed by atoms with Crippen LogP contribution in [0.2, 0.25) is 0 Å². The number of aromatic nitrogens is 2. The van der Waals surface area contributed by atoms with Crippen LogP contribution in [-0.2, 0) is 13.0 Å². The smallest absolute Gasteiger partial charge is 0.251 e. The molecule has 1 aliphatic heterocycles. The summed E-state index contributed by atoms with van der Waals surface area (Å²) in [5, 5.41) is 9.24. The SMILES string of the molecule is CCCCc1cc(=O)[nH]c(-c2ccc(CN3CCC(CO)CC3)cc2)n1. The van der Waals surface area contributed by atoms with E-state index >= 15 is 0 Å². The normalized spacial score (nSPS) is 16.1. The Bertz CT molecular complexity index is 747. The first-order valence-electron chi connectivity index (χ1n) is 9.70. The first kappa shape index (κ1) is 18.8. The number of nitrogens with zero attached hydrogens (tertiary/aromatic N) is 2. The van der Waals surface area contributed by atoms with Crippen molar-refractivity contribution < 1.29 is 5.11 Å². The Morgan fingerprint density at radius 3 is 2.62 bits per heavy atom. The number of aryl methyl sites for hydroxylation is 1. The summed E-state index contributed by atoms with van der Waals surface area (Å²) in [5.41, 5.74) is 2.99. The topological polar surface area (TPSA) is 69.2 Å². The quantitative estimate of drug-likeness (QED) is 0.801. The molecule has 0 aliphatic carbocycles. The molecule has 0 bridgehead atoms. The zero-order chi connectivity index (χ0) is 18.4. The second kappa shape index (κ2) is 9.10. The van der Waals surface area contributed by atoms with Crippen LogP contribution in [0.1, 0.15) is 43.9 Å². The van der Waals surface area contributed by atoms with Gasteiger partial charge in [0.2, 0.25) is 0 Å². The summed E-state index contributed by atoms with van der Waals surface area (Å²) in [6.07, 6.45) is 5.12. The Labute approximate surface area is 155 Å². The number of nitrogens with one attached hydrogen (secondary N) is 1. The molecule has 1 aromatic heterocycles. The average Bonchev–Trinajstić information content (AvgIpc) is 2.67. The van der Waals surface area contributed by atoms with Crippen molar-refractivity contribution in [3.63, 3.8) is 0 Å². The third-order valence-corrected chi connectivity index (χ3v) is 5.18. The highest BCUT2D eigenvalue weighted by atomic mass is 16.3. The number of aliphatic hydroxyl groups is 1. The van der Waals surface area contributed by atoms with E-state index in [-0.39, 0.29) is 5.56 Å². The highest BCUT2D eigenvalue weighted by Crippen LogP contribution is 2.20. The van der Waals surface area contributed by atoms with Gasteiger partial charge in [-0.15, -0.1) is 0 Å². The summed E-state index contributed by atoms with van der Waals surface area (Å²) in [6, 6.07) is 9.91. The molecule has 0 spiro atoms. The van der Waals surface area contributed by atoms with E-state index in [1.54, 1.807) is 6.07 Å². The van der Waals surface area contributed by atoms with Crippen LogP contribution >= 0.6 is 0 Å². The van der Waals surface area contributed by atoms with Gasteiger partial charge in [0.25, 0.3) is 5.56 Å². The van der Waals surface area contributed by atoms with Crippen molar-refractivity contribution >= 4 is 0 Å². The largest absolute Gasteiger partial charge is 0.396 e. The van der Waals surface area contributed by atoms with E-state index in [2.05, 4.69) is 33.9 Å². The van der Waals surface area contributed by atoms with Gasteiger partial charge in [-0.25, -0.2) is 4.98 Å². The molecule has 3 rings (SSSR count). The minimum absolute atomic E-state index is 0.0862. The van der Waals surface area contributed by atoms with Crippen LogP contribution in [-0.4, -0.2) is 39.7 Å². The maximum atomic E-state index is 11.9. The molecule has 5 nitrogen and oxygen atoms in total. The third kappa shape index (κ3) is 5.02. The molecule has 1 aromatic carbocycles. The van der Waals surface area contributed by atoms with Crippen molar-refractivity contribution in [1.29, 1.82) is 0 Å². The minimum Gasteiger partial charge on any atom is -0.396 e. The first-order valence-corrected chi connectivity index (χ1v) is 9.70. The lowest BCUT2D eigenvalue weighted by Crippen LogP contribution is -2.34. The van der Waals surface area contributed by atoms with E-state index in [9.17, 15) is 9.90 Å². The number of hydrogen-bond donors (Lipinski definition) is 2. The van der Waals surface area contributed by atoms with Crippen LogP contribution in [0.15, 0.2) is 35.1 Å². The highest BCUT2D eigenvalue weighted by Gasteiger charge is 2.18. The molecule has 5 heteroatoms. The molecule has 0 unspecified atom stereocenters. The lowest BCUT2D eigenvalue weighted by molar-refractivity contribution is 0.127. The summed E-state index contributed by atoms with van der Waals surface area (Å²) >= 11 is 0. The van der Waals surface area contributed by atoms with Crippen LogP contribution in [0.5, 0.6) is 0 Å². The highest BCUT2D eigenvalue weighted by molar-refractivity contribution is 5.55. The monoisotopic (exact) mass is 355 g/mol. The molecule has 26 heavy (non-hydrogen) atoms. The summed E-state index contributed by atoms with van der Waals surface area (Å²) in [6.45, 7) is 5.46. The van der Waals surface area contributed by atoms with Gasteiger partial charge in [-0.05, 0) is 50.3 Å². The van der Waals surface area contributed by atoms with Crippen LogP contribution in [0.4, 0.5) is 0 Å². The molecule has 2 N–H and O–H groups in total. The predicted octanol–water partition coefficient (Wildman–Crippen LogP) is 2.98. The number of piperidine rings is 1. The fourth-order valence-corrected chi connectivity index (χ4v) is 3.48. The van der Waals surface area contributed by atoms with Gasteiger partial charge in [0, 0.05) is 30.5 Å². The number of hydrogen-bond acceptors (Lipinski definition) is 4. The molecule has 0 amide bonds. The maximum absolute atomic E-state index is 11.9. The maximum Gasteiger partial charge on any atom is 0.251 e. The van der Waals surface area contributed by atoms with Gasteiger partial charge in [0.15, 0.2) is 0 Å². The molecular weight excluding hydrogens is 326 g/mol. The van der Waals surface area contributed by atoms with Gasteiger partial charge in [0.05, 0.1) is 0 Å². The van der Waals surface area contributed by atoms with Crippen LogP contribution < -0.4 is 5.56 Å². The Balaban J connectivity index is 1.66. The molecule has 0 atom stereocenters. The molecule has 1 fully saturated rings. The fraction of sp³-hybridized carbons (Fsp3) is 0.524. The van der Waals surface area contributed by atoms with Crippen molar-refractivity contribution in [2.45, 2.75) is 45.6 Å². The lowest BCUT2D eigenvalue weighted by Gasteiger charge is -2.31. The van der Waals surface area contributed by atoms with Crippen LogP contribution in [0.25, 0.3) is 11.4 Å². The van der Waals surface area contributed by atoms with E-state index in [1.807, 2.05) is 12.1 Å². The van der Waals surface area contributed by atoms with Gasteiger partial charge in [-0.2, -0.15) is 0 Å². The van der Waals surface area contributed by atoms with E-state index < -0.39 is 0 Å². The second-order valence-corrected chi connectivity index (χ2v) is 7.29. The van der Waals surface area contributed by atoms with Gasteiger partial charge in [-0.1, -0.05) is 37.6 Å². The minimum atomic E-state index is -0.0862. The molecule has 1 aliphatic rings. The number of unbranched alkanes of at least 4 members (excludes halogenated alkanes) is 1. The average molecular weight is 355 g/mol. The van der Waals surface area contributed by atoms with Crippen LogP contribution in [0.3, 0.4) is 0 Å². The number of aliphatic hydroxyl groups excluding tert-OH is 1. The Morgan fingerprint density at radius 2 is 1.96 bits per heavy atom. The molecule has 140 valence electrons. The second-order valence-electron chi connectivity index (χ2n) is 7.29. The Hall–Kier alpha value is -1.98. The summed E-state index contributed by atoms with van der Waals surface area (Å²) in [7, 11) is 0. The number of likely N-dealkylation sites (tertiary alicyclic amines) is 1. The van der Waals surface area contributed by atoms with E-state index in [0.29, 0.717) is 18.3 Å². The molecule has 0 saturated carbocycles. The zero-order valence-corrected chi connectivity index (χ0v) is 15.6. The molecular formula is C21H29N3O2. The third-order valence-electron chi connectivity index (χ3n) is 5.18. The standard InChI is InChI=1S/C21H29N3O2/c1-2-3-4-19-13-20(26)23-21(22-19)18-7-5-16(6-8-18)14-24-11-9-17(15-25)10-12-24/h5-8,13,17,25H,2-4,9-12,14-15H2,1H3,(H,22,23,26). The first-order chi connectivity index (χ1) is 12.7. The lowest BCUT2D eigenvalue weighted by atomic mass is 9.97. The van der Waals surface area contributed by atoms with Crippen molar-refractivity contribution in [2.75, 3.05) is 19.7 Å². The Morgan fingerprint density at radius 1 is 1.23 bits per heavy atom. The van der Waals surface area contributed by atoms with E-state index in [1.165, 1.54) is 5.56 Å². The van der Waals surface area contributed by atoms with E-state index in [0.717, 1.165) is 63.0 Å².